The van der Waals surface area contributed by atoms with E-state index in [-0.39, 0.29) is 24.2 Å². The van der Waals surface area contributed by atoms with Gasteiger partial charge in [0.15, 0.2) is 0 Å². The van der Waals surface area contributed by atoms with Crippen molar-refractivity contribution in [2.75, 3.05) is 0 Å². The molecule has 1 aromatic carbocycles. The number of hydrogen-bond donors (Lipinski definition) is 0. The number of halogens is 1. The van der Waals surface area contributed by atoms with Crippen molar-refractivity contribution in [3.8, 4) is 0 Å². The average molecular weight is 284 g/mol. The van der Waals surface area contributed by atoms with Crippen LogP contribution in [-0.2, 0) is 16.1 Å². The molecule has 6 heteroatoms. The lowest BCUT2D eigenvalue weighted by molar-refractivity contribution is -0.386. The summed E-state index contributed by atoms with van der Waals surface area (Å²) in [6, 6.07) is 4.54. The smallest absolute Gasteiger partial charge is 0.276 e. The van der Waals surface area contributed by atoms with Crippen LogP contribution in [0.1, 0.15) is 31.2 Å². The van der Waals surface area contributed by atoms with Crippen molar-refractivity contribution in [3.63, 3.8) is 0 Å². The molecule has 0 N–H and O–H groups in total. The zero-order valence-electron chi connectivity index (χ0n) is 10.3. The SMILES string of the molecule is O=C1CCC(OCc2ccc(Cl)cc2[N+](=O)[O-])CC1. The van der Waals surface area contributed by atoms with Crippen LogP contribution in [0.25, 0.3) is 0 Å². The van der Waals surface area contributed by atoms with Gasteiger partial charge in [-0.3, -0.25) is 14.9 Å². The van der Waals surface area contributed by atoms with Gasteiger partial charge in [0.05, 0.1) is 23.2 Å². The third kappa shape index (κ3) is 3.75. The number of nitrogens with zero attached hydrogens (tertiary/aromatic N) is 1. The first-order valence-electron chi connectivity index (χ1n) is 6.12. The minimum Gasteiger partial charge on any atom is -0.373 e. The minimum atomic E-state index is -0.463. The Morgan fingerprint density at radius 2 is 2.05 bits per heavy atom. The summed E-state index contributed by atoms with van der Waals surface area (Å²) in [5.74, 6) is 0.261. The number of hydrogen-bond acceptors (Lipinski definition) is 4. The predicted octanol–water partition coefficient (Wildman–Crippen LogP) is 3.28. The van der Waals surface area contributed by atoms with E-state index in [1.54, 1.807) is 12.1 Å². The van der Waals surface area contributed by atoms with E-state index in [4.69, 9.17) is 16.3 Å². The van der Waals surface area contributed by atoms with Gasteiger partial charge in [0, 0.05) is 23.9 Å². The van der Waals surface area contributed by atoms with E-state index in [1.807, 2.05) is 0 Å². The van der Waals surface area contributed by atoms with Crippen molar-refractivity contribution in [1.82, 2.24) is 0 Å². The molecule has 1 saturated carbocycles. The number of benzene rings is 1. The van der Waals surface area contributed by atoms with Crippen LogP contribution in [0, 0.1) is 10.1 Å². The van der Waals surface area contributed by atoms with E-state index in [0.29, 0.717) is 36.3 Å². The molecule has 1 fully saturated rings. The van der Waals surface area contributed by atoms with Gasteiger partial charge in [0.1, 0.15) is 5.78 Å². The molecule has 0 aromatic heterocycles. The normalized spacial score (nSPS) is 16.6. The van der Waals surface area contributed by atoms with Gasteiger partial charge in [0.2, 0.25) is 0 Å². The first kappa shape index (κ1) is 14.0. The van der Waals surface area contributed by atoms with Crippen molar-refractivity contribution in [1.29, 1.82) is 0 Å². The molecule has 0 amide bonds. The fourth-order valence-electron chi connectivity index (χ4n) is 2.12. The Morgan fingerprint density at radius 1 is 1.37 bits per heavy atom. The number of nitro benzene ring substituents is 1. The number of Topliss-reactive ketones (excluding diaryl/α,β-unsaturated/α-hetero) is 1. The number of rotatable bonds is 4. The van der Waals surface area contributed by atoms with E-state index < -0.39 is 4.92 Å². The van der Waals surface area contributed by atoms with E-state index in [2.05, 4.69) is 0 Å². The second kappa shape index (κ2) is 6.12. The Morgan fingerprint density at radius 3 is 2.68 bits per heavy atom. The number of carbonyl (C=O) groups excluding carboxylic acids is 1. The van der Waals surface area contributed by atoms with Crippen molar-refractivity contribution in [2.45, 2.75) is 38.4 Å². The maximum atomic E-state index is 11.1. The first-order chi connectivity index (χ1) is 9.06. The van der Waals surface area contributed by atoms with Crippen molar-refractivity contribution >= 4 is 23.1 Å². The average Bonchev–Trinajstić information content (AvgIpc) is 2.39. The highest BCUT2D eigenvalue weighted by molar-refractivity contribution is 6.30. The summed E-state index contributed by atoms with van der Waals surface area (Å²) in [5.41, 5.74) is 0.477. The second-order valence-corrected chi connectivity index (χ2v) is 5.02. The van der Waals surface area contributed by atoms with Crippen LogP contribution in [0.3, 0.4) is 0 Å². The quantitative estimate of drug-likeness (QED) is 0.628. The number of ketones is 1. The Hall–Kier alpha value is -1.46. The predicted molar refractivity (Wildman–Crippen MR) is 70.2 cm³/mol. The molecular weight excluding hydrogens is 270 g/mol. The molecule has 102 valence electrons. The molecular formula is C13H14ClNO4. The standard InChI is InChI=1S/C13H14ClNO4/c14-10-2-1-9(13(7-10)15(17)18)8-19-12-5-3-11(16)4-6-12/h1-2,7,12H,3-6,8H2. The third-order valence-corrected chi connectivity index (χ3v) is 3.44. The Balaban J connectivity index is 1.99. The summed E-state index contributed by atoms with van der Waals surface area (Å²) in [7, 11) is 0. The molecule has 1 aromatic rings. The molecule has 1 aliphatic carbocycles. The number of nitro groups is 1. The molecule has 2 rings (SSSR count). The summed E-state index contributed by atoms with van der Waals surface area (Å²) < 4.78 is 5.65. The summed E-state index contributed by atoms with van der Waals surface area (Å²) in [6.45, 7) is 0.173. The van der Waals surface area contributed by atoms with Gasteiger partial charge < -0.3 is 4.74 Å². The van der Waals surface area contributed by atoms with Gasteiger partial charge in [-0.1, -0.05) is 11.6 Å². The summed E-state index contributed by atoms with van der Waals surface area (Å²) in [4.78, 5) is 21.6. The largest absolute Gasteiger partial charge is 0.373 e. The molecule has 0 spiro atoms. The lowest BCUT2D eigenvalue weighted by Gasteiger charge is -2.21. The fraction of sp³-hybridized carbons (Fsp3) is 0.462. The highest BCUT2D eigenvalue weighted by Gasteiger charge is 2.21. The molecule has 0 radical (unpaired) electrons. The zero-order valence-corrected chi connectivity index (χ0v) is 11.1. The molecule has 19 heavy (non-hydrogen) atoms. The van der Waals surface area contributed by atoms with Gasteiger partial charge in [-0.05, 0) is 25.0 Å². The monoisotopic (exact) mass is 283 g/mol. The lowest BCUT2D eigenvalue weighted by Crippen LogP contribution is -2.21. The van der Waals surface area contributed by atoms with Crippen LogP contribution in [0.4, 0.5) is 5.69 Å². The van der Waals surface area contributed by atoms with Crippen LogP contribution >= 0.6 is 11.6 Å². The molecule has 1 aliphatic rings. The summed E-state index contributed by atoms with van der Waals surface area (Å²) in [5, 5.41) is 11.2. The van der Waals surface area contributed by atoms with Crippen LogP contribution in [0.15, 0.2) is 18.2 Å². The second-order valence-electron chi connectivity index (χ2n) is 4.58. The Labute approximate surface area is 115 Å². The molecule has 5 nitrogen and oxygen atoms in total. The van der Waals surface area contributed by atoms with Crippen molar-refractivity contribution in [2.24, 2.45) is 0 Å². The zero-order chi connectivity index (χ0) is 13.8. The van der Waals surface area contributed by atoms with Gasteiger partial charge in [0.25, 0.3) is 5.69 Å². The molecule has 0 heterocycles. The van der Waals surface area contributed by atoms with Gasteiger partial charge >= 0.3 is 0 Å². The Kier molecular flexibility index (Phi) is 4.50. The molecule has 0 unspecified atom stereocenters. The van der Waals surface area contributed by atoms with E-state index in [0.717, 1.165) is 0 Å². The van der Waals surface area contributed by atoms with E-state index >= 15 is 0 Å². The van der Waals surface area contributed by atoms with Crippen molar-refractivity contribution < 1.29 is 14.5 Å². The minimum absolute atomic E-state index is 0.00739. The van der Waals surface area contributed by atoms with Crippen molar-refractivity contribution in [3.05, 3.63) is 38.9 Å². The number of ether oxygens (including phenoxy) is 1. The molecule has 0 atom stereocenters. The first-order valence-corrected chi connectivity index (χ1v) is 6.50. The van der Waals surface area contributed by atoms with Crippen LogP contribution in [0.2, 0.25) is 5.02 Å². The van der Waals surface area contributed by atoms with Gasteiger partial charge in [-0.15, -0.1) is 0 Å². The Bertz CT molecular complexity index is 493. The topological polar surface area (TPSA) is 69.4 Å². The highest BCUT2D eigenvalue weighted by Crippen LogP contribution is 2.26. The maximum Gasteiger partial charge on any atom is 0.276 e. The summed E-state index contributed by atoms with van der Waals surface area (Å²) >= 11 is 5.74. The van der Waals surface area contributed by atoms with E-state index in [1.165, 1.54) is 6.07 Å². The molecule has 0 bridgehead atoms. The van der Waals surface area contributed by atoms with Crippen LogP contribution in [-0.4, -0.2) is 16.8 Å². The molecule has 0 aliphatic heterocycles. The van der Waals surface area contributed by atoms with Crippen LogP contribution in [0.5, 0.6) is 0 Å². The molecule has 0 saturated heterocycles. The number of carbonyl (C=O) groups is 1. The van der Waals surface area contributed by atoms with Crippen LogP contribution < -0.4 is 0 Å². The fourth-order valence-corrected chi connectivity index (χ4v) is 2.28. The van der Waals surface area contributed by atoms with E-state index in [9.17, 15) is 14.9 Å². The summed E-state index contributed by atoms with van der Waals surface area (Å²) in [6.07, 6.45) is 2.47. The third-order valence-electron chi connectivity index (χ3n) is 3.21. The highest BCUT2D eigenvalue weighted by atomic mass is 35.5. The maximum absolute atomic E-state index is 11.1. The van der Waals surface area contributed by atoms with Gasteiger partial charge in [-0.2, -0.15) is 0 Å². The van der Waals surface area contributed by atoms with Gasteiger partial charge in [-0.25, -0.2) is 0 Å². The lowest BCUT2D eigenvalue weighted by atomic mass is 9.96.